The van der Waals surface area contributed by atoms with Crippen molar-refractivity contribution in [1.29, 1.82) is 5.26 Å². The fraction of sp³-hybridized carbons (Fsp3) is 0. The molecule has 1 rings (SSSR count). The molecule has 6 nitrogen and oxygen atoms in total. The number of aliphatic carboxylic acids is 2. The van der Waals surface area contributed by atoms with E-state index < -0.39 is 17.6 Å². The number of nitriles is 1. The third kappa shape index (κ3) is 3.68. The molecule has 0 spiro atoms. The molecule has 0 fully saturated rings. The number of hydrogen-bond donors (Lipinski definition) is 3. The zero-order valence-corrected chi connectivity index (χ0v) is 8.54. The maximum absolute atomic E-state index is 10.7. The number of hydrogen-bond acceptors (Lipinski definition) is 4. The normalized spacial score (nSPS) is 10.4. The van der Waals surface area contributed by atoms with Crippen LogP contribution in [-0.2, 0) is 9.59 Å². The molecule has 0 heterocycles. The summed E-state index contributed by atoms with van der Waals surface area (Å²) < 4.78 is 0. The molecule has 17 heavy (non-hydrogen) atoms. The van der Waals surface area contributed by atoms with E-state index in [0.717, 1.165) is 0 Å². The highest BCUT2D eigenvalue weighted by molar-refractivity contribution is 5.97. The molecule has 0 atom stereocenters. The molecule has 1 aromatic carbocycles. The quantitative estimate of drug-likeness (QED) is 0.668. The zero-order chi connectivity index (χ0) is 12.8. The Kier molecular flexibility index (Phi) is 3.84. The SMILES string of the molecule is N#Cc1ccc(N/C(=C\C(=O)O)C(=O)O)cc1. The van der Waals surface area contributed by atoms with Crippen LogP contribution in [-0.4, -0.2) is 22.2 Å². The van der Waals surface area contributed by atoms with Gasteiger partial charge in [-0.3, -0.25) is 0 Å². The molecule has 0 aliphatic rings. The van der Waals surface area contributed by atoms with E-state index in [1.54, 1.807) is 0 Å². The molecule has 0 saturated carbocycles. The van der Waals surface area contributed by atoms with Crippen molar-refractivity contribution >= 4 is 17.6 Å². The fourth-order valence-corrected chi connectivity index (χ4v) is 1.06. The van der Waals surface area contributed by atoms with Crippen LogP contribution in [0.5, 0.6) is 0 Å². The van der Waals surface area contributed by atoms with Crippen molar-refractivity contribution in [2.75, 3.05) is 5.32 Å². The van der Waals surface area contributed by atoms with Crippen LogP contribution >= 0.6 is 0 Å². The van der Waals surface area contributed by atoms with Crippen LogP contribution in [0.25, 0.3) is 0 Å². The van der Waals surface area contributed by atoms with Gasteiger partial charge in [0.05, 0.1) is 17.7 Å². The van der Waals surface area contributed by atoms with Crippen molar-refractivity contribution in [3.63, 3.8) is 0 Å². The number of rotatable bonds is 4. The molecule has 0 radical (unpaired) electrons. The third-order valence-electron chi connectivity index (χ3n) is 1.79. The number of benzene rings is 1. The van der Waals surface area contributed by atoms with Gasteiger partial charge in [0.25, 0.3) is 0 Å². The summed E-state index contributed by atoms with van der Waals surface area (Å²) in [6.07, 6.45) is 0.556. The summed E-state index contributed by atoms with van der Waals surface area (Å²) >= 11 is 0. The second kappa shape index (κ2) is 5.32. The zero-order valence-electron chi connectivity index (χ0n) is 8.54. The molecule has 0 unspecified atom stereocenters. The lowest BCUT2D eigenvalue weighted by molar-refractivity contribution is -0.134. The topological polar surface area (TPSA) is 110 Å². The summed E-state index contributed by atoms with van der Waals surface area (Å²) in [7, 11) is 0. The first-order chi connectivity index (χ1) is 8.02. The van der Waals surface area contributed by atoms with Gasteiger partial charge in [-0.2, -0.15) is 5.26 Å². The Morgan fingerprint density at radius 2 is 1.82 bits per heavy atom. The van der Waals surface area contributed by atoms with Crippen LogP contribution in [0, 0.1) is 11.3 Å². The molecular formula is C11H8N2O4. The Morgan fingerprint density at radius 1 is 1.24 bits per heavy atom. The van der Waals surface area contributed by atoms with Crippen molar-refractivity contribution in [2.24, 2.45) is 0 Å². The lowest BCUT2D eigenvalue weighted by atomic mass is 10.2. The molecule has 0 aliphatic carbocycles. The Bertz CT molecular complexity index is 511. The van der Waals surface area contributed by atoms with Crippen molar-refractivity contribution in [1.82, 2.24) is 0 Å². The first kappa shape index (κ1) is 12.3. The number of carboxylic acids is 2. The lowest BCUT2D eigenvalue weighted by Crippen LogP contribution is -2.12. The maximum atomic E-state index is 10.7. The fourth-order valence-electron chi connectivity index (χ4n) is 1.06. The van der Waals surface area contributed by atoms with Crippen LogP contribution in [0.3, 0.4) is 0 Å². The molecule has 0 aromatic heterocycles. The maximum Gasteiger partial charge on any atom is 0.352 e. The summed E-state index contributed by atoms with van der Waals surface area (Å²) in [6.45, 7) is 0. The first-order valence-corrected chi connectivity index (χ1v) is 4.48. The van der Waals surface area contributed by atoms with Crippen molar-refractivity contribution in [3.05, 3.63) is 41.6 Å². The molecule has 0 bridgehead atoms. The Morgan fingerprint density at radius 3 is 2.24 bits per heavy atom. The molecule has 3 N–H and O–H groups in total. The number of carboxylic acid groups (broad SMARTS) is 2. The minimum Gasteiger partial charge on any atom is -0.478 e. The molecule has 0 saturated heterocycles. The first-order valence-electron chi connectivity index (χ1n) is 4.48. The summed E-state index contributed by atoms with van der Waals surface area (Å²) in [5, 5.41) is 28.2. The second-order valence-electron chi connectivity index (χ2n) is 3.02. The largest absolute Gasteiger partial charge is 0.478 e. The molecule has 86 valence electrons. The van der Waals surface area contributed by atoms with E-state index >= 15 is 0 Å². The van der Waals surface area contributed by atoms with Crippen LogP contribution in [0.1, 0.15) is 5.56 Å². The van der Waals surface area contributed by atoms with Crippen molar-refractivity contribution in [3.8, 4) is 6.07 Å². The molecule has 1 aromatic rings. The molecule has 6 heteroatoms. The van der Waals surface area contributed by atoms with Gasteiger partial charge < -0.3 is 15.5 Å². The minimum absolute atomic E-state index is 0.388. The summed E-state index contributed by atoms with van der Waals surface area (Å²) in [4.78, 5) is 21.1. The van der Waals surface area contributed by atoms with E-state index in [-0.39, 0.29) is 0 Å². The van der Waals surface area contributed by atoms with Gasteiger partial charge in [0, 0.05) is 5.69 Å². The van der Waals surface area contributed by atoms with Gasteiger partial charge in [-0.15, -0.1) is 0 Å². The highest BCUT2D eigenvalue weighted by Crippen LogP contribution is 2.11. The standard InChI is InChI=1S/C11H8N2O4/c12-6-7-1-3-8(4-2-7)13-9(11(16)17)5-10(14)15/h1-5,13H,(H,14,15)(H,16,17)/b9-5-. The molecule has 0 aliphatic heterocycles. The Balaban J connectivity index is 2.91. The van der Waals surface area contributed by atoms with E-state index in [4.69, 9.17) is 15.5 Å². The van der Waals surface area contributed by atoms with E-state index in [9.17, 15) is 9.59 Å². The predicted molar refractivity (Wildman–Crippen MR) is 58.1 cm³/mol. The smallest absolute Gasteiger partial charge is 0.352 e. The van der Waals surface area contributed by atoms with Crippen molar-refractivity contribution in [2.45, 2.75) is 0 Å². The van der Waals surface area contributed by atoms with Gasteiger partial charge in [-0.05, 0) is 24.3 Å². The molecular weight excluding hydrogens is 224 g/mol. The van der Waals surface area contributed by atoms with Crippen LogP contribution in [0.2, 0.25) is 0 Å². The van der Waals surface area contributed by atoms with Gasteiger partial charge in [-0.25, -0.2) is 9.59 Å². The van der Waals surface area contributed by atoms with Gasteiger partial charge in [0.1, 0.15) is 5.70 Å². The number of nitrogens with zero attached hydrogens (tertiary/aromatic N) is 1. The number of carbonyl (C=O) groups is 2. The highest BCUT2D eigenvalue weighted by atomic mass is 16.4. The average Bonchev–Trinajstić information content (AvgIpc) is 2.28. The van der Waals surface area contributed by atoms with Gasteiger partial charge in [0.15, 0.2) is 0 Å². The van der Waals surface area contributed by atoms with Crippen LogP contribution in [0.4, 0.5) is 5.69 Å². The van der Waals surface area contributed by atoms with Crippen molar-refractivity contribution < 1.29 is 19.8 Å². The Labute approximate surface area is 96.4 Å². The highest BCUT2D eigenvalue weighted by Gasteiger charge is 2.09. The van der Waals surface area contributed by atoms with E-state index in [0.29, 0.717) is 17.3 Å². The van der Waals surface area contributed by atoms with Gasteiger partial charge in [0.2, 0.25) is 0 Å². The van der Waals surface area contributed by atoms with Crippen LogP contribution < -0.4 is 5.32 Å². The minimum atomic E-state index is -1.38. The summed E-state index contributed by atoms with van der Waals surface area (Å²) in [5.41, 5.74) is 0.357. The number of nitrogens with one attached hydrogen (secondary N) is 1. The summed E-state index contributed by atoms with van der Waals surface area (Å²) in [5.74, 6) is -2.74. The average molecular weight is 232 g/mol. The second-order valence-corrected chi connectivity index (χ2v) is 3.02. The predicted octanol–water partition coefficient (Wildman–Crippen LogP) is 1.02. The monoisotopic (exact) mass is 232 g/mol. The van der Waals surface area contributed by atoms with Gasteiger partial charge in [-0.1, -0.05) is 0 Å². The summed E-state index contributed by atoms with van der Waals surface area (Å²) in [6, 6.07) is 7.85. The Hall–Kier alpha value is -2.81. The lowest BCUT2D eigenvalue weighted by Gasteiger charge is -2.05. The van der Waals surface area contributed by atoms with E-state index in [1.165, 1.54) is 24.3 Å². The third-order valence-corrected chi connectivity index (χ3v) is 1.79. The number of anilines is 1. The van der Waals surface area contributed by atoms with Gasteiger partial charge >= 0.3 is 11.9 Å². The van der Waals surface area contributed by atoms with E-state index in [1.807, 2.05) is 6.07 Å². The molecule has 0 amide bonds. The van der Waals surface area contributed by atoms with Crippen LogP contribution in [0.15, 0.2) is 36.0 Å². The van der Waals surface area contributed by atoms with E-state index in [2.05, 4.69) is 5.32 Å².